The zero-order valence-electron chi connectivity index (χ0n) is 14.8. The van der Waals surface area contributed by atoms with Gasteiger partial charge in [-0.05, 0) is 71.5 Å². The van der Waals surface area contributed by atoms with Crippen molar-refractivity contribution in [2.45, 2.75) is 58.6 Å². The Morgan fingerprint density at radius 2 is 1.90 bits per heavy atom. The molecule has 0 aliphatic heterocycles. The smallest absolute Gasteiger partial charge is 0.0842 e. The van der Waals surface area contributed by atoms with E-state index in [0.29, 0.717) is 16.0 Å². The molecule has 4 fully saturated rings. The van der Waals surface area contributed by atoms with Gasteiger partial charge in [-0.15, -0.1) is 0 Å². The van der Waals surface area contributed by atoms with Gasteiger partial charge in [-0.25, -0.2) is 0 Å². The van der Waals surface area contributed by atoms with Crippen LogP contribution in [0.4, 0.5) is 0 Å². The van der Waals surface area contributed by atoms with E-state index in [9.17, 15) is 0 Å². The van der Waals surface area contributed by atoms with Crippen LogP contribution in [0.25, 0.3) is 0 Å². The lowest BCUT2D eigenvalue weighted by molar-refractivity contribution is -0.105. The minimum atomic E-state index is 0.382. The molecule has 0 heterocycles. The number of hydrogen-bond donors (Lipinski definition) is 0. The maximum absolute atomic E-state index is 2.74. The zero-order chi connectivity index (χ0) is 15.0. The first-order valence-electron chi connectivity index (χ1n) is 9.38. The second-order valence-electron chi connectivity index (χ2n) is 10.8. The van der Waals surface area contributed by atoms with Crippen LogP contribution in [0.1, 0.15) is 53.4 Å². The van der Waals surface area contributed by atoms with Crippen LogP contribution in [0, 0.1) is 45.8 Å². The molecule has 1 spiro atoms. The van der Waals surface area contributed by atoms with Crippen LogP contribution in [0.2, 0.25) is 5.21 Å². The maximum atomic E-state index is 2.74. The van der Waals surface area contributed by atoms with Crippen LogP contribution in [0.15, 0.2) is 11.6 Å². The van der Waals surface area contributed by atoms with Crippen molar-refractivity contribution < 1.29 is 0 Å². The van der Waals surface area contributed by atoms with Crippen LogP contribution in [0.3, 0.4) is 0 Å². The van der Waals surface area contributed by atoms with Gasteiger partial charge in [0.05, 0.1) is 0 Å². The highest BCUT2D eigenvalue weighted by Crippen LogP contribution is 2.90. The Morgan fingerprint density at radius 1 is 1.19 bits per heavy atom. The van der Waals surface area contributed by atoms with E-state index in [-0.39, 0.29) is 0 Å². The SMILES string of the molecule is BC(B)(C(C)(C)C)C12CC3CC4C5CC=C1C5C4(C3)C2C. The molecule has 7 unspecified atom stereocenters. The van der Waals surface area contributed by atoms with Crippen LogP contribution < -0.4 is 0 Å². The van der Waals surface area contributed by atoms with Gasteiger partial charge in [-0.1, -0.05) is 44.6 Å². The monoisotopic (exact) mass is 280 g/mol. The van der Waals surface area contributed by atoms with Crippen LogP contribution in [-0.2, 0) is 0 Å². The summed E-state index contributed by atoms with van der Waals surface area (Å²) in [6.45, 7) is 10.1. The fraction of sp³-hybridized carbons (Fsp3) is 0.895. The second-order valence-corrected chi connectivity index (χ2v) is 10.8. The largest absolute Gasteiger partial charge is 0.101 e. The topological polar surface area (TPSA) is 0 Å². The van der Waals surface area contributed by atoms with Gasteiger partial charge in [0.25, 0.3) is 0 Å². The van der Waals surface area contributed by atoms with Crippen molar-refractivity contribution in [1.29, 1.82) is 0 Å². The van der Waals surface area contributed by atoms with Crippen molar-refractivity contribution in [3.63, 3.8) is 0 Å². The summed E-state index contributed by atoms with van der Waals surface area (Å²) in [5.41, 5.74) is 3.60. The summed E-state index contributed by atoms with van der Waals surface area (Å²) in [4.78, 5) is 0. The van der Waals surface area contributed by atoms with Gasteiger partial charge in [0.1, 0.15) is 15.7 Å². The van der Waals surface area contributed by atoms with Crippen molar-refractivity contribution in [1.82, 2.24) is 0 Å². The number of rotatable bonds is 1. The van der Waals surface area contributed by atoms with Gasteiger partial charge in [0.2, 0.25) is 0 Å². The molecule has 0 nitrogen and oxygen atoms in total. The third-order valence-electron chi connectivity index (χ3n) is 10.1. The van der Waals surface area contributed by atoms with Crippen LogP contribution in [-0.4, -0.2) is 15.7 Å². The summed E-state index contributed by atoms with van der Waals surface area (Å²) in [7, 11) is 5.22. The van der Waals surface area contributed by atoms with Gasteiger partial charge < -0.3 is 0 Å². The minimum Gasteiger partial charge on any atom is -0.0842 e. The number of hydrogen-bond acceptors (Lipinski definition) is 0. The van der Waals surface area contributed by atoms with Crippen LogP contribution in [0.5, 0.6) is 0 Å². The van der Waals surface area contributed by atoms with Crippen molar-refractivity contribution in [3.05, 3.63) is 11.6 Å². The lowest BCUT2D eigenvalue weighted by atomic mass is 9.29. The standard InChI is InChI=1S/C19H30B2/c1-10-17-8-11-7-14(17)12-5-6-13(15(12)17)18(10,9-11)19(20,21)16(2,3)4/h6,10-12,14-15H,5,7-9,20-21H2,1-4H3. The second kappa shape index (κ2) is 3.22. The van der Waals surface area contributed by atoms with E-state index in [4.69, 9.17) is 0 Å². The van der Waals surface area contributed by atoms with Gasteiger partial charge in [-0.2, -0.15) is 0 Å². The summed E-state index contributed by atoms with van der Waals surface area (Å²) in [5, 5.41) is 0.401. The molecule has 7 atom stereocenters. The third-order valence-corrected chi connectivity index (χ3v) is 10.1. The van der Waals surface area contributed by atoms with E-state index in [1.54, 1.807) is 12.8 Å². The molecule has 0 aromatic rings. The molecule has 5 aliphatic rings. The predicted molar refractivity (Wildman–Crippen MR) is 93.8 cm³/mol. The highest BCUT2D eigenvalue weighted by molar-refractivity contribution is 6.41. The van der Waals surface area contributed by atoms with E-state index >= 15 is 0 Å². The molecule has 112 valence electrons. The molecule has 3 bridgehead atoms. The van der Waals surface area contributed by atoms with Gasteiger partial charge >= 0.3 is 0 Å². The molecular weight excluding hydrogens is 250 g/mol. The summed E-state index contributed by atoms with van der Waals surface area (Å²) < 4.78 is 0. The summed E-state index contributed by atoms with van der Waals surface area (Å²) in [6, 6.07) is 0. The Kier molecular flexibility index (Phi) is 2.04. The Bertz CT molecular complexity index is 569. The van der Waals surface area contributed by atoms with Gasteiger partial charge in [0, 0.05) is 0 Å². The first-order valence-corrected chi connectivity index (χ1v) is 9.38. The molecule has 0 aromatic carbocycles. The summed E-state index contributed by atoms with van der Waals surface area (Å²) >= 11 is 0. The van der Waals surface area contributed by atoms with Crippen molar-refractivity contribution in [2.24, 2.45) is 45.8 Å². The summed E-state index contributed by atoms with van der Waals surface area (Å²) in [6.07, 6.45) is 8.84. The molecule has 0 aromatic heterocycles. The minimum absolute atomic E-state index is 0.382. The average Bonchev–Trinajstić information content (AvgIpc) is 2.90. The molecule has 0 amide bonds. The maximum Gasteiger partial charge on any atom is 0.101 e. The molecule has 0 saturated heterocycles. The Morgan fingerprint density at radius 3 is 2.57 bits per heavy atom. The molecule has 4 saturated carbocycles. The third kappa shape index (κ3) is 1.02. The Balaban J connectivity index is 1.78. The Hall–Kier alpha value is -0.130. The first kappa shape index (κ1) is 13.3. The first-order chi connectivity index (χ1) is 9.68. The van der Waals surface area contributed by atoms with Crippen LogP contribution >= 0.6 is 0 Å². The quantitative estimate of drug-likeness (QED) is 0.511. The zero-order valence-corrected chi connectivity index (χ0v) is 14.8. The molecular formula is C19H30B2. The number of allylic oxidation sites excluding steroid dienone is 2. The lowest BCUT2D eigenvalue weighted by Gasteiger charge is -2.61. The lowest BCUT2D eigenvalue weighted by Crippen LogP contribution is -2.55. The number of fused-ring (bicyclic) bond motifs is 4. The normalized spacial score (nSPS) is 56.4. The fourth-order valence-corrected chi connectivity index (χ4v) is 8.63. The molecule has 0 N–H and O–H groups in total. The molecule has 2 heteroatoms. The van der Waals surface area contributed by atoms with Gasteiger partial charge in [0.15, 0.2) is 0 Å². The highest BCUT2D eigenvalue weighted by Gasteiger charge is 2.82. The summed E-state index contributed by atoms with van der Waals surface area (Å²) in [5.74, 6) is 5.13. The van der Waals surface area contributed by atoms with Crippen molar-refractivity contribution in [3.8, 4) is 0 Å². The van der Waals surface area contributed by atoms with E-state index in [0.717, 1.165) is 35.0 Å². The average molecular weight is 280 g/mol. The Labute approximate surface area is 132 Å². The molecule has 5 aliphatic carbocycles. The predicted octanol–water partition coefficient (Wildman–Crippen LogP) is 3.04. The molecule has 5 rings (SSSR count). The fourth-order valence-electron chi connectivity index (χ4n) is 8.63. The van der Waals surface area contributed by atoms with E-state index in [2.05, 4.69) is 49.5 Å². The molecule has 0 radical (unpaired) electrons. The van der Waals surface area contributed by atoms with Gasteiger partial charge in [-0.3, -0.25) is 0 Å². The van der Waals surface area contributed by atoms with E-state index in [1.807, 2.05) is 5.57 Å². The van der Waals surface area contributed by atoms with Crippen molar-refractivity contribution >= 4 is 15.7 Å². The molecule has 21 heavy (non-hydrogen) atoms. The van der Waals surface area contributed by atoms with Crippen molar-refractivity contribution in [2.75, 3.05) is 0 Å². The van der Waals surface area contributed by atoms with E-state index < -0.39 is 0 Å². The van der Waals surface area contributed by atoms with E-state index in [1.165, 1.54) is 12.8 Å². The highest BCUT2D eigenvalue weighted by atomic mass is 14.9.